The molecule has 0 aliphatic carbocycles. The van der Waals surface area contributed by atoms with Crippen molar-refractivity contribution in [2.75, 3.05) is 20.7 Å². The average molecular weight is 225 g/mol. The van der Waals surface area contributed by atoms with Gasteiger partial charge >= 0.3 is 5.97 Å². The van der Waals surface area contributed by atoms with Crippen LogP contribution in [0.25, 0.3) is 0 Å². The molecule has 0 atom stereocenters. The zero-order chi connectivity index (χ0) is 12.1. The largest absolute Gasteiger partial charge is 0.469 e. The molecule has 16 heavy (non-hydrogen) atoms. The van der Waals surface area contributed by atoms with Crippen molar-refractivity contribution in [3.8, 4) is 0 Å². The quantitative estimate of drug-likeness (QED) is 0.750. The van der Waals surface area contributed by atoms with Crippen molar-refractivity contribution >= 4 is 11.9 Å². The van der Waals surface area contributed by atoms with Gasteiger partial charge in [-0.25, -0.2) is 0 Å². The zero-order valence-electron chi connectivity index (χ0n) is 9.61. The van der Waals surface area contributed by atoms with Crippen molar-refractivity contribution in [2.45, 2.75) is 13.3 Å². The van der Waals surface area contributed by atoms with E-state index in [1.165, 1.54) is 12.0 Å². The summed E-state index contributed by atoms with van der Waals surface area (Å²) in [6, 6.07) is 1.66. The van der Waals surface area contributed by atoms with E-state index < -0.39 is 0 Å². The number of methoxy groups -OCH3 is 1. The Labute approximate surface area is 93.6 Å². The first-order valence-electron chi connectivity index (χ1n) is 4.89. The number of carbonyl (C=O) groups is 2. The third kappa shape index (κ3) is 3.08. The molecule has 1 aromatic heterocycles. The average Bonchev–Trinajstić information content (AvgIpc) is 2.71. The van der Waals surface area contributed by atoms with Crippen molar-refractivity contribution in [1.29, 1.82) is 0 Å². The fourth-order valence-corrected chi connectivity index (χ4v) is 1.19. The molecular formula is C10H15N3O3. The van der Waals surface area contributed by atoms with E-state index in [9.17, 15) is 9.59 Å². The van der Waals surface area contributed by atoms with E-state index in [1.54, 1.807) is 13.1 Å². The SMILES string of the molecule is COC(=O)CCN(C)C(=O)c1cc(C)[nH]n1. The Morgan fingerprint density at radius 3 is 2.75 bits per heavy atom. The molecule has 1 heterocycles. The molecule has 88 valence electrons. The number of nitrogens with one attached hydrogen (secondary N) is 1. The number of H-pyrrole nitrogens is 1. The van der Waals surface area contributed by atoms with Crippen molar-refractivity contribution in [3.63, 3.8) is 0 Å². The molecule has 0 spiro atoms. The maximum atomic E-state index is 11.8. The second-order valence-electron chi connectivity index (χ2n) is 3.49. The van der Waals surface area contributed by atoms with Crippen LogP contribution < -0.4 is 0 Å². The number of amides is 1. The van der Waals surface area contributed by atoms with Crippen LogP contribution in [0.3, 0.4) is 0 Å². The van der Waals surface area contributed by atoms with Crippen LogP contribution in [-0.2, 0) is 9.53 Å². The lowest BCUT2D eigenvalue weighted by atomic mass is 10.3. The maximum Gasteiger partial charge on any atom is 0.307 e. The van der Waals surface area contributed by atoms with Gasteiger partial charge in [-0.3, -0.25) is 14.7 Å². The number of aromatic amines is 1. The minimum absolute atomic E-state index is 0.183. The van der Waals surface area contributed by atoms with Crippen LogP contribution in [0.4, 0.5) is 0 Å². The number of rotatable bonds is 4. The van der Waals surface area contributed by atoms with E-state index in [4.69, 9.17) is 0 Å². The van der Waals surface area contributed by atoms with E-state index >= 15 is 0 Å². The molecule has 6 nitrogen and oxygen atoms in total. The zero-order valence-corrected chi connectivity index (χ0v) is 9.61. The number of ether oxygens (including phenoxy) is 1. The highest BCUT2D eigenvalue weighted by Crippen LogP contribution is 2.02. The summed E-state index contributed by atoms with van der Waals surface area (Å²) >= 11 is 0. The lowest BCUT2D eigenvalue weighted by Gasteiger charge is -2.14. The van der Waals surface area contributed by atoms with Crippen molar-refractivity contribution < 1.29 is 14.3 Å². The number of aromatic nitrogens is 2. The lowest BCUT2D eigenvalue weighted by Crippen LogP contribution is -2.29. The van der Waals surface area contributed by atoms with Gasteiger partial charge in [-0.15, -0.1) is 0 Å². The number of esters is 1. The van der Waals surface area contributed by atoms with E-state index in [1.807, 2.05) is 6.92 Å². The Morgan fingerprint density at radius 1 is 1.56 bits per heavy atom. The summed E-state index contributed by atoms with van der Waals surface area (Å²) in [5.74, 6) is -0.550. The molecule has 0 aliphatic heterocycles. The van der Waals surface area contributed by atoms with Crippen LogP contribution in [0.15, 0.2) is 6.07 Å². The lowest BCUT2D eigenvalue weighted by molar-refractivity contribution is -0.140. The van der Waals surface area contributed by atoms with Gasteiger partial charge in [-0.05, 0) is 13.0 Å². The first kappa shape index (κ1) is 12.2. The highest BCUT2D eigenvalue weighted by atomic mass is 16.5. The Hall–Kier alpha value is -1.85. The summed E-state index contributed by atoms with van der Waals surface area (Å²) in [6.45, 7) is 2.13. The summed E-state index contributed by atoms with van der Waals surface area (Å²) in [4.78, 5) is 24.1. The minimum Gasteiger partial charge on any atom is -0.469 e. The van der Waals surface area contributed by atoms with Crippen LogP contribution in [0.1, 0.15) is 22.6 Å². The van der Waals surface area contributed by atoms with Gasteiger partial charge in [0.25, 0.3) is 5.91 Å². The monoisotopic (exact) mass is 225 g/mol. The molecule has 0 unspecified atom stereocenters. The molecule has 1 amide bonds. The Kier molecular flexibility index (Phi) is 4.04. The summed E-state index contributed by atoms with van der Waals surface area (Å²) in [5.41, 5.74) is 1.18. The third-order valence-corrected chi connectivity index (χ3v) is 2.15. The van der Waals surface area contributed by atoms with Gasteiger partial charge in [0.1, 0.15) is 5.69 Å². The molecular weight excluding hydrogens is 210 g/mol. The van der Waals surface area contributed by atoms with Crippen LogP contribution in [-0.4, -0.2) is 47.7 Å². The smallest absolute Gasteiger partial charge is 0.307 e. The number of aryl methyl sites for hydroxylation is 1. The predicted molar refractivity (Wildman–Crippen MR) is 56.9 cm³/mol. The fraction of sp³-hybridized carbons (Fsp3) is 0.500. The maximum absolute atomic E-state index is 11.8. The van der Waals surface area contributed by atoms with E-state index in [2.05, 4.69) is 14.9 Å². The number of carbonyl (C=O) groups excluding carboxylic acids is 2. The van der Waals surface area contributed by atoms with Gasteiger partial charge in [0.2, 0.25) is 0 Å². The van der Waals surface area contributed by atoms with E-state index in [0.717, 1.165) is 5.69 Å². The topological polar surface area (TPSA) is 75.3 Å². The molecule has 1 N–H and O–H groups in total. The number of nitrogens with zero attached hydrogens (tertiary/aromatic N) is 2. The normalized spacial score (nSPS) is 9.94. The molecule has 0 saturated carbocycles. The summed E-state index contributed by atoms with van der Waals surface area (Å²) in [7, 11) is 2.94. The van der Waals surface area contributed by atoms with Crippen molar-refractivity contribution in [3.05, 3.63) is 17.5 Å². The summed E-state index contributed by atoms with van der Waals surface area (Å²) in [6.07, 6.45) is 0.183. The van der Waals surface area contributed by atoms with Gasteiger partial charge in [-0.1, -0.05) is 0 Å². The Morgan fingerprint density at radius 2 is 2.25 bits per heavy atom. The highest BCUT2D eigenvalue weighted by Gasteiger charge is 2.15. The third-order valence-electron chi connectivity index (χ3n) is 2.15. The summed E-state index contributed by atoms with van der Waals surface area (Å²) in [5, 5.41) is 6.54. The van der Waals surface area contributed by atoms with Gasteiger partial charge in [0, 0.05) is 19.3 Å². The van der Waals surface area contributed by atoms with E-state index in [0.29, 0.717) is 12.2 Å². The standard InChI is InChI=1S/C10H15N3O3/c1-7-6-8(12-11-7)10(15)13(2)5-4-9(14)16-3/h6H,4-5H2,1-3H3,(H,11,12). The number of hydrogen-bond acceptors (Lipinski definition) is 4. The molecule has 6 heteroatoms. The van der Waals surface area contributed by atoms with Crippen molar-refractivity contribution in [2.24, 2.45) is 0 Å². The fourth-order valence-electron chi connectivity index (χ4n) is 1.19. The molecule has 0 radical (unpaired) electrons. The molecule has 0 bridgehead atoms. The van der Waals surface area contributed by atoms with Gasteiger partial charge in [0.05, 0.1) is 13.5 Å². The molecule has 0 aromatic carbocycles. The second-order valence-corrected chi connectivity index (χ2v) is 3.49. The van der Waals surface area contributed by atoms with Crippen LogP contribution in [0.2, 0.25) is 0 Å². The predicted octanol–water partition coefficient (Wildman–Crippen LogP) is 0.353. The van der Waals surface area contributed by atoms with E-state index in [-0.39, 0.29) is 18.3 Å². The van der Waals surface area contributed by atoms with Crippen LogP contribution in [0.5, 0.6) is 0 Å². The second kappa shape index (κ2) is 5.29. The molecule has 0 saturated heterocycles. The molecule has 1 rings (SSSR count). The molecule has 1 aromatic rings. The Bertz CT molecular complexity index is 386. The minimum atomic E-state index is -0.335. The van der Waals surface area contributed by atoms with Gasteiger partial charge in [-0.2, -0.15) is 5.10 Å². The Balaban J connectivity index is 2.51. The first-order chi connectivity index (χ1) is 7.54. The van der Waals surface area contributed by atoms with Gasteiger partial charge in [0.15, 0.2) is 0 Å². The first-order valence-corrected chi connectivity index (χ1v) is 4.89. The van der Waals surface area contributed by atoms with Gasteiger partial charge < -0.3 is 9.64 Å². The van der Waals surface area contributed by atoms with Crippen LogP contribution >= 0.6 is 0 Å². The van der Waals surface area contributed by atoms with Crippen LogP contribution in [0, 0.1) is 6.92 Å². The molecule has 0 fully saturated rings. The number of hydrogen-bond donors (Lipinski definition) is 1. The van der Waals surface area contributed by atoms with Crippen molar-refractivity contribution in [1.82, 2.24) is 15.1 Å². The molecule has 0 aliphatic rings. The summed E-state index contributed by atoms with van der Waals surface area (Å²) < 4.78 is 4.49. The highest BCUT2D eigenvalue weighted by molar-refractivity contribution is 5.92.